The molecule has 2 atom stereocenters. The number of aromatic amines is 1. The zero-order valence-electron chi connectivity index (χ0n) is 11.7. The van der Waals surface area contributed by atoms with Gasteiger partial charge in [0.15, 0.2) is 5.16 Å². The summed E-state index contributed by atoms with van der Waals surface area (Å²) in [5, 5.41) is 11.2. The molecule has 0 aliphatic heterocycles. The third-order valence-corrected chi connectivity index (χ3v) is 4.90. The lowest BCUT2D eigenvalue weighted by atomic mass is 10.0. The Kier molecular flexibility index (Phi) is 4.25. The lowest BCUT2D eigenvalue weighted by Gasteiger charge is -2.20. The van der Waals surface area contributed by atoms with Crippen LogP contribution in [0, 0.1) is 5.92 Å². The first-order valence-corrected chi connectivity index (χ1v) is 8.06. The first kappa shape index (κ1) is 13.5. The summed E-state index contributed by atoms with van der Waals surface area (Å²) in [4.78, 5) is 5.29. The summed E-state index contributed by atoms with van der Waals surface area (Å²) in [6.45, 7) is 2.29. The van der Waals surface area contributed by atoms with E-state index in [4.69, 9.17) is 0 Å². The Morgan fingerprint density at radius 2 is 2.15 bits per heavy atom. The van der Waals surface area contributed by atoms with Crippen molar-refractivity contribution in [2.75, 3.05) is 5.32 Å². The van der Waals surface area contributed by atoms with Gasteiger partial charge < -0.3 is 5.32 Å². The van der Waals surface area contributed by atoms with Crippen LogP contribution in [0.15, 0.2) is 40.6 Å². The molecule has 1 fully saturated rings. The van der Waals surface area contributed by atoms with Gasteiger partial charge in [-0.3, -0.25) is 5.10 Å². The van der Waals surface area contributed by atoms with Crippen LogP contribution in [0.25, 0.3) is 0 Å². The van der Waals surface area contributed by atoms with Gasteiger partial charge in [-0.1, -0.05) is 31.5 Å². The number of benzene rings is 1. The lowest BCUT2D eigenvalue weighted by Crippen LogP contribution is -2.23. The van der Waals surface area contributed by atoms with Crippen LogP contribution < -0.4 is 5.32 Å². The van der Waals surface area contributed by atoms with Crippen molar-refractivity contribution >= 4 is 17.4 Å². The smallest absolute Gasteiger partial charge is 0.188 e. The molecule has 2 N–H and O–H groups in total. The van der Waals surface area contributed by atoms with E-state index in [0.717, 1.165) is 11.1 Å². The van der Waals surface area contributed by atoms with Crippen LogP contribution >= 0.6 is 11.8 Å². The highest BCUT2D eigenvalue weighted by Gasteiger charge is 2.25. The van der Waals surface area contributed by atoms with Crippen molar-refractivity contribution < 1.29 is 0 Å². The predicted octanol–water partition coefficient (Wildman–Crippen LogP) is 3.95. The summed E-state index contributed by atoms with van der Waals surface area (Å²) in [6.07, 6.45) is 6.83. The maximum absolute atomic E-state index is 4.12. The van der Waals surface area contributed by atoms with Gasteiger partial charge in [0.25, 0.3) is 0 Å². The fourth-order valence-electron chi connectivity index (χ4n) is 2.90. The Balaban J connectivity index is 1.61. The molecular weight excluding hydrogens is 268 g/mol. The van der Waals surface area contributed by atoms with E-state index in [-0.39, 0.29) is 0 Å². The highest BCUT2D eigenvalue weighted by atomic mass is 32.2. The quantitative estimate of drug-likeness (QED) is 0.875. The Morgan fingerprint density at radius 1 is 1.30 bits per heavy atom. The second-order valence-corrected chi connectivity index (χ2v) is 6.33. The molecule has 3 rings (SSSR count). The highest BCUT2D eigenvalue weighted by molar-refractivity contribution is 7.99. The van der Waals surface area contributed by atoms with Crippen molar-refractivity contribution in [3.8, 4) is 0 Å². The second-order valence-electron chi connectivity index (χ2n) is 5.27. The van der Waals surface area contributed by atoms with E-state index in [0.29, 0.717) is 6.04 Å². The Hall–Kier alpha value is -1.49. The molecule has 106 valence electrons. The van der Waals surface area contributed by atoms with Crippen LogP contribution in [-0.2, 0) is 0 Å². The van der Waals surface area contributed by atoms with Crippen molar-refractivity contribution in [2.24, 2.45) is 5.92 Å². The van der Waals surface area contributed by atoms with Gasteiger partial charge in [-0.25, -0.2) is 4.98 Å². The molecule has 0 bridgehead atoms. The van der Waals surface area contributed by atoms with E-state index in [1.165, 1.54) is 42.6 Å². The number of rotatable bonds is 5. The minimum atomic E-state index is 0.646. The first-order valence-electron chi connectivity index (χ1n) is 7.25. The maximum Gasteiger partial charge on any atom is 0.188 e. The summed E-state index contributed by atoms with van der Waals surface area (Å²) in [5.74, 6) is 0.832. The molecule has 2 aromatic rings. The molecule has 20 heavy (non-hydrogen) atoms. The Bertz CT molecular complexity index is 523. The van der Waals surface area contributed by atoms with Gasteiger partial charge in [0.2, 0.25) is 0 Å². The molecule has 0 spiro atoms. The molecule has 1 saturated carbocycles. The van der Waals surface area contributed by atoms with Gasteiger partial charge in [0, 0.05) is 16.6 Å². The molecule has 5 heteroatoms. The molecule has 0 radical (unpaired) electrons. The minimum absolute atomic E-state index is 0.646. The lowest BCUT2D eigenvalue weighted by molar-refractivity contribution is 0.489. The fraction of sp³-hybridized carbons (Fsp3) is 0.467. The molecule has 1 aliphatic carbocycles. The van der Waals surface area contributed by atoms with Crippen LogP contribution in [0.2, 0.25) is 0 Å². The van der Waals surface area contributed by atoms with Gasteiger partial charge in [-0.05, 0) is 43.0 Å². The van der Waals surface area contributed by atoms with Gasteiger partial charge >= 0.3 is 0 Å². The number of hydrogen-bond acceptors (Lipinski definition) is 4. The average molecular weight is 288 g/mol. The summed E-state index contributed by atoms with van der Waals surface area (Å²) >= 11 is 1.59. The summed E-state index contributed by atoms with van der Waals surface area (Å²) in [6, 6.07) is 9.22. The zero-order chi connectivity index (χ0) is 13.8. The Morgan fingerprint density at radius 3 is 2.85 bits per heavy atom. The van der Waals surface area contributed by atoms with Crippen molar-refractivity contribution in [3.05, 3.63) is 30.6 Å². The standard InChI is InChI=1S/C15H20N4S/c1-2-11-4-3-5-14(11)18-12-6-8-13(9-7-12)20-15-16-10-17-19-15/h6-11,14,18H,2-5H2,1H3,(H,16,17,19). The predicted molar refractivity (Wildman–Crippen MR) is 82.0 cm³/mol. The molecule has 1 aromatic heterocycles. The van der Waals surface area contributed by atoms with E-state index in [9.17, 15) is 0 Å². The van der Waals surface area contributed by atoms with E-state index >= 15 is 0 Å². The number of H-pyrrole nitrogens is 1. The summed E-state index contributed by atoms with van der Waals surface area (Å²) < 4.78 is 0. The maximum atomic E-state index is 4.12. The molecule has 0 amide bonds. The minimum Gasteiger partial charge on any atom is -0.382 e. The third kappa shape index (κ3) is 3.15. The largest absolute Gasteiger partial charge is 0.382 e. The number of nitrogens with zero attached hydrogens (tertiary/aromatic N) is 2. The molecule has 1 aromatic carbocycles. The molecule has 0 saturated heterocycles. The van der Waals surface area contributed by atoms with Crippen molar-refractivity contribution in [2.45, 2.75) is 48.7 Å². The van der Waals surface area contributed by atoms with E-state index in [1.54, 1.807) is 11.8 Å². The monoisotopic (exact) mass is 288 g/mol. The highest BCUT2D eigenvalue weighted by Crippen LogP contribution is 2.31. The van der Waals surface area contributed by atoms with E-state index in [2.05, 4.69) is 51.7 Å². The third-order valence-electron chi connectivity index (χ3n) is 4.00. The average Bonchev–Trinajstić information content (AvgIpc) is 3.12. The molecular formula is C15H20N4S. The second kappa shape index (κ2) is 6.31. The van der Waals surface area contributed by atoms with Crippen LogP contribution in [0.3, 0.4) is 0 Å². The zero-order valence-corrected chi connectivity index (χ0v) is 12.5. The number of nitrogens with one attached hydrogen (secondary N) is 2. The normalized spacial score (nSPS) is 22.1. The molecule has 1 heterocycles. The van der Waals surface area contributed by atoms with Crippen molar-refractivity contribution in [1.29, 1.82) is 0 Å². The summed E-state index contributed by atoms with van der Waals surface area (Å²) in [7, 11) is 0. The van der Waals surface area contributed by atoms with Crippen LogP contribution in [-0.4, -0.2) is 21.2 Å². The number of hydrogen-bond donors (Lipinski definition) is 2. The number of aromatic nitrogens is 3. The van der Waals surface area contributed by atoms with E-state index < -0.39 is 0 Å². The van der Waals surface area contributed by atoms with Gasteiger partial charge in [-0.15, -0.1) is 0 Å². The van der Waals surface area contributed by atoms with Gasteiger partial charge in [0.05, 0.1) is 0 Å². The van der Waals surface area contributed by atoms with Crippen molar-refractivity contribution in [3.63, 3.8) is 0 Å². The molecule has 2 unspecified atom stereocenters. The SMILES string of the molecule is CCC1CCCC1Nc1ccc(Sc2ncn[nH]2)cc1. The molecule has 4 nitrogen and oxygen atoms in total. The van der Waals surface area contributed by atoms with Gasteiger partial charge in [0.1, 0.15) is 6.33 Å². The van der Waals surface area contributed by atoms with Crippen LogP contribution in [0.4, 0.5) is 5.69 Å². The Labute approximate surface area is 123 Å². The number of anilines is 1. The van der Waals surface area contributed by atoms with Gasteiger partial charge in [-0.2, -0.15) is 5.10 Å². The summed E-state index contributed by atoms with van der Waals surface area (Å²) in [5.41, 5.74) is 1.22. The fourth-order valence-corrected chi connectivity index (χ4v) is 3.60. The topological polar surface area (TPSA) is 53.6 Å². The first-order chi connectivity index (χ1) is 9.85. The van der Waals surface area contributed by atoms with Crippen molar-refractivity contribution in [1.82, 2.24) is 15.2 Å². The molecule has 1 aliphatic rings. The van der Waals surface area contributed by atoms with Crippen LogP contribution in [0.1, 0.15) is 32.6 Å². The van der Waals surface area contributed by atoms with Crippen LogP contribution in [0.5, 0.6) is 0 Å². The van der Waals surface area contributed by atoms with E-state index in [1.807, 2.05) is 0 Å².